The van der Waals surface area contributed by atoms with Gasteiger partial charge >= 0.3 is 0 Å². The van der Waals surface area contributed by atoms with Crippen LogP contribution in [0.4, 0.5) is 0 Å². The lowest BCUT2D eigenvalue weighted by molar-refractivity contribution is -0.133. The number of fused-ring (bicyclic) bond motifs is 1. The van der Waals surface area contributed by atoms with Crippen molar-refractivity contribution in [3.05, 3.63) is 29.8 Å². The molecule has 2 aliphatic rings. The molecular weight excluding hydrogens is 352 g/mol. The monoisotopic (exact) mass is 378 g/mol. The smallest absolute Gasteiger partial charge is 0.263 e. The maximum Gasteiger partial charge on any atom is 0.263 e. The van der Waals surface area contributed by atoms with E-state index in [9.17, 15) is 13.2 Å². The molecule has 0 spiro atoms. The largest absolute Gasteiger partial charge is 0.340 e. The van der Waals surface area contributed by atoms with E-state index in [1.807, 2.05) is 13.8 Å². The Morgan fingerprint density at radius 3 is 2.73 bits per heavy atom. The molecule has 7 nitrogen and oxygen atoms in total. The molecule has 2 N–H and O–H groups in total. The Balaban J connectivity index is 1.91. The summed E-state index contributed by atoms with van der Waals surface area (Å²) in [6.07, 6.45) is 1.49. The number of sulfonamides is 1. The molecule has 26 heavy (non-hydrogen) atoms. The third-order valence-electron chi connectivity index (χ3n) is 4.86. The van der Waals surface area contributed by atoms with Gasteiger partial charge in [0.2, 0.25) is 5.91 Å². The first-order chi connectivity index (χ1) is 12.3. The summed E-state index contributed by atoms with van der Waals surface area (Å²) < 4.78 is 27.1. The van der Waals surface area contributed by atoms with Gasteiger partial charge in [-0.05, 0) is 37.4 Å². The van der Waals surface area contributed by atoms with Crippen LogP contribution in [0.3, 0.4) is 0 Å². The van der Waals surface area contributed by atoms with Crippen molar-refractivity contribution in [3.8, 4) is 0 Å². The van der Waals surface area contributed by atoms with Gasteiger partial charge in [-0.25, -0.2) is 8.42 Å². The lowest BCUT2D eigenvalue weighted by Crippen LogP contribution is -2.44. The lowest BCUT2D eigenvalue weighted by atomic mass is 10.0. The van der Waals surface area contributed by atoms with Crippen molar-refractivity contribution in [1.82, 2.24) is 14.9 Å². The molecule has 1 aromatic rings. The molecule has 2 atom stereocenters. The van der Waals surface area contributed by atoms with Crippen molar-refractivity contribution in [2.24, 2.45) is 10.9 Å². The fraction of sp³-hybridized carbons (Fsp3) is 0.556. The Bertz CT molecular complexity index is 813. The van der Waals surface area contributed by atoms with Crippen molar-refractivity contribution in [1.29, 1.82) is 0 Å². The summed E-state index contributed by atoms with van der Waals surface area (Å²) in [5, 5.41) is 3.26. The van der Waals surface area contributed by atoms with Crippen LogP contribution >= 0.6 is 0 Å². The van der Waals surface area contributed by atoms with E-state index < -0.39 is 16.1 Å². The van der Waals surface area contributed by atoms with Gasteiger partial charge in [0.1, 0.15) is 11.9 Å². The number of hydrogen-bond acceptors (Lipinski definition) is 5. The molecule has 1 amide bonds. The molecular formula is C18H26N4O3S. The Morgan fingerprint density at radius 2 is 2.08 bits per heavy atom. The summed E-state index contributed by atoms with van der Waals surface area (Å²) in [6, 6.07) is 6.27. The molecule has 142 valence electrons. The van der Waals surface area contributed by atoms with Crippen LogP contribution in [0.15, 0.2) is 34.2 Å². The molecule has 0 saturated carbocycles. The number of hydrogen-bond donors (Lipinski definition) is 2. The maximum absolute atomic E-state index is 13.0. The van der Waals surface area contributed by atoms with Crippen molar-refractivity contribution >= 4 is 21.8 Å². The van der Waals surface area contributed by atoms with Crippen LogP contribution < -0.4 is 10.0 Å². The second-order valence-electron chi connectivity index (χ2n) is 7.32. The fourth-order valence-electron chi connectivity index (χ4n) is 3.43. The number of carbonyl (C=O) groups is 1. The van der Waals surface area contributed by atoms with Crippen molar-refractivity contribution < 1.29 is 13.2 Å². The highest BCUT2D eigenvalue weighted by Gasteiger charge is 2.34. The van der Waals surface area contributed by atoms with Crippen LogP contribution in [-0.4, -0.2) is 57.3 Å². The van der Waals surface area contributed by atoms with Crippen molar-refractivity contribution in [3.63, 3.8) is 0 Å². The molecule has 0 aromatic heterocycles. The van der Waals surface area contributed by atoms with Crippen LogP contribution in [0.25, 0.3) is 0 Å². The molecule has 8 heteroatoms. The molecule has 1 aromatic carbocycles. The average Bonchev–Trinajstić information content (AvgIpc) is 3.20. The number of rotatable bonds is 5. The van der Waals surface area contributed by atoms with E-state index in [0.29, 0.717) is 12.0 Å². The number of likely N-dealkylation sites (N-methyl/N-ethyl adjacent to an activating group) is 1. The normalized spacial score (nSPS) is 23.7. The molecule has 2 heterocycles. The minimum atomic E-state index is -3.61. The van der Waals surface area contributed by atoms with Gasteiger partial charge in [-0.3, -0.25) is 14.5 Å². The zero-order valence-electron chi connectivity index (χ0n) is 15.4. The van der Waals surface area contributed by atoms with Gasteiger partial charge in [-0.15, -0.1) is 0 Å². The number of aliphatic imine (C=N–C) groups is 1. The van der Waals surface area contributed by atoms with Crippen LogP contribution in [0.2, 0.25) is 0 Å². The number of benzene rings is 1. The summed E-state index contributed by atoms with van der Waals surface area (Å²) in [6.45, 7) is 5.75. The zero-order valence-corrected chi connectivity index (χ0v) is 16.2. The summed E-state index contributed by atoms with van der Waals surface area (Å²) in [4.78, 5) is 19.6. The molecule has 1 saturated heterocycles. The predicted molar refractivity (Wildman–Crippen MR) is 101 cm³/mol. The fourth-order valence-corrected chi connectivity index (χ4v) is 4.66. The first kappa shape index (κ1) is 18.8. The number of amidine groups is 1. The highest BCUT2D eigenvalue weighted by Crippen LogP contribution is 2.24. The summed E-state index contributed by atoms with van der Waals surface area (Å²) in [5.41, 5.74) is 0.527. The van der Waals surface area contributed by atoms with Crippen molar-refractivity contribution in [2.45, 2.75) is 43.7 Å². The average molecular weight is 378 g/mol. The van der Waals surface area contributed by atoms with Gasteiger partial charge in [0, 0.05) is 25.2 Å². The summed E-state index contributed by atoms with van der Waals surface area (Å²) in [5.74, 6) is 0.456. The second kappa shape index (κ2) is 7.36. The Morgan fingerprint density at radius 1 is 1.35 bits per heavy atom. The third kappa shape index (κ3) is 3.76. The molecule has 2 aliphatic heterocycles. The van der Waals surface area contributed by atoms with Crippen molar-refractivity contribution in [2.75, 3.05) is 20.1 Å². The first-order valence-electron chi connectivity index (χ1n) is 8.97. The topological polar surface area (TPSA) is 90.9 Å². The minimum Gasteiger partial charge on any atom is -0.340 e. The van der Waals surface area contributed by atoms with E-state index in [2.05, 4.69) is 15.0 Å². The standard InChI is InChI=1S/C18H26N4O3S/c1-12(2)10-15(18(23)22(3)13-8-9-19-11-13)20-17-14-6-4-5-7-16(14)26(24,25)21-17/h4-7,12-13,15,19H,8-11H2,1-3H3,(H,20,21). The molecule has 2 unspecified atom stereocenters. The van der Waals surface area contributed by atoms with E-state index in [4.69, 9.17) is 0 Å². The lowest BCUT2D eigenvalue weighted by Gasteiger charge is -2.27. The van der Waals surface area contributed by atoms with E-state index in [1.165, 1.54) is 0 Å². The quantitative estimate of drug-likeness (QED) is 0.798. The van der Waals surface area contributed by atoms with Gasteiger partial charge in [0.05, 0.1) is 4.90 Å². The van der Waals surface area contributed by atoms with E-state index in [1.54, 1.807) is 36.2 Å². The van der Waals surface area contributed by atoms with Crippen LogP contribution in [-0.2, 0) is 14.8 Å². The van der Waals surface area contributed by atoms with Crippen LogP contribution in [0.5, 0.6) is 0 Å². The zero-order chi connectivity index (χ0) is 18.9. The molecule has 0 aliphatic carbocycles. The second-order valence-corrected chi connectivity index (χ2v) is 8.97. The highest BCUT2D eigenvalue weighted by atomic mass is 32.2. The van der Waals surface area contributed by atoms with E-state index in [-0.39, 0.29) is 28.6 Å². The number of nitrogens with zero attached hydrogens (tertiary/aromatic N) is 2. The number of nitrogens with one attached hydrogen (secondary N) is 2. The summed E-state index contributed by atoms with van der Waals surface area (Å²) in [7, 11) is -1.80. The number of amides is 1. The minimum absolute atomic E-state index is 0.0662. The van der Waals surface area contributed by atoms with E-state index >= 15 is 0 Å². The van der Waals surface area contributed by atoms with Gasteiger partial charge in [0.25, 0.3) is 10.0 Å². The Labute approximate surface area is 154 Å². The van der Waals surface area contributed by atoms with Crippen LogP contribution in [0, 0.1) is 5.92 Å². The molecule has 1 fully saturated rings. The SMILES string of the molecule is CC(C)CC(N=C1NS(=O)(=O)c2ccccc21)C(=O)N(C)C1CCNC1. The molecule has 0 bridgehead atoms. The molecule has 0 radical (unpaired) electrons. The van der Waals surface area contributed by atoms with Gasteiger partial charge in [-0.2, -0.15) is 0 Å². The van der Waals surface area contributed by atoms with E-state index in [0.717, 1.165) is 19.5 Å². The Kier molecular flexibility index (Phi) is 5.34. The van der Waals surface area contributed by atoms with Gasteiger partial charge in [0.15, 0.2) is 0 Å². The number of carbonyl (C=O) groups excluding carboxylic acids is 1. The maximum atomic E-state index is 13.0. The van der Waals surface area contributed by atoms with Crippen LogP contribution in [0.1, 0.15) is 32.3 Å². The van der Waals surface area contributed by atoms with Gasteiger partial charge < -0.3 is 10.2 Å². The first-order valence-corrected chi connectivity index (χ1v) is 10.5. The molecule has 3 rings (SSSR count). The third-order valence-corrected chi connectivity index (χ3v) is 6.25. The predicted octanol–water partition coefficient (Wildman–Crippen LogP) is 0.960. The van der Waals surface area contributed by atoms with Gasteiger partial charge in [-0.1, -0.05) is 26.0 Å². The highest BCUT2D eigenvalue weighted by molar-refractivity contribution is 7.90. The summed E-state index contributed by atoms with van der Waals surface area (Å²) >= 11 is 0. The Hall–Kier alpha value is -1.93.